The van der Waals surface area contributed by atoms with Crippen molar-refractivity contribution in [2.24, 2.45) is 28.4 Å². The van der Waals surface area contributed by atoms with Gasteiger partial charge in [-0.2, -0.15) is 13.9 Å². The van der Waals surface area contributed by atoms with Crippen molar-refractivity contribution in [3.63, 3.8) is 0 Å². The van der Waals surface area contributed by atoms with Crippen molar-refractivity contribution in [3.8, 4) is 6.07 Å². The van der Waals surface area contributed by atoms with E-state index in [1.54, 1.807) is 54.8 Å². The molecule has 2 aliphatic rings. The van der Waals surface area contributed by atoms with Crippen LogP contribution in [-0.2, 0) is 40.7 Å². The molecule has 2 heterocycles. The normalized spacial score (nSPS) is 18.2. The van der Waals surface area contributed by atoms with Crippen LogP contribution in [0.5, 0.6) is 0 Å². The van der Waals surface area contributed by atoms with Crippen molar-refractivity contribution < 1.29 is 40.9 Å². The van der Waals surface area contributed by atoms with Crippen molar-refractivity contribution in [2.75, 3.05) is 70.7 Å². The SMILES string of the molecule is CNc1cccc(S(=O)(=O)N(CC(C)C)CC(C)(C)CCCCN)c1.CNc1cccc(S(=O)(=O)N(C[C@@H](O)[C@H](Cc2ccccc2)NC(=O)O[C@H]2CO[C@H]3OCC[C@H]32)CC(C)(C)CCCC#N)c1. The molecule has 0 aromatic heterocycles. The molecule has 0 aliphatic carbocycles. The van der Waals surface area contributed by atoms with Crippen molar-refractivity contribution in [1.29, 1.82) is 5.26 Å². The number of nitriles is 1. The minimum absolute atomic E-state index is 0.0458. The van der Waals surface area contributed by atoms with Gasteiger partial charge in [-0.15, -0.1) is 0 Å². The number of hydrogen-bond acceptors (Lipinski definition) is 13. The van der Waals surface area contributed by atoms with E-state index in [2.05, 4.69) is 35.9 Å². The number of carbonyl (C=O) groups excluding carboxylic acids is 1. The van der Waals surface area contributed by atoms with Crippen LogP contribution < -0.4 is 21.7 Å². The van der Waals surface area contributed by atoms with E-state index in [9.17, 15) is 26.7 Å². The minimum Gasteiger partial charge on any atom is -0.443 e. The number of nitrogens with two attached hydrogens (primary N) is 1. The van der Waals surface area contributed by atoms with Gasteiger partial charge in [-0.05, 0) is 104 Å². The van der Waals surface area contributed by atoms with Crippen molar-refractivity contribution in [1.82, 2.24) is 13.9 Å². The topological polar surface area (TPSA) is 226 Å². The van der Waals surface area contributed by atoms with Gasteiger partial charge in [-0.3, -0.25) is 0 Å². The lowest BCUT2D eigenvalue weighted by Gasteiger charge is -2.35. The standard InChI is InChI=1S/C32H44N4O7S.C19H35N3O2S/c1-32(2,15-7-8-16-33)22-36(44(39,40)25-13-9-12-24(19-25)34-3)20-28(37)27(18-23-10-5-4-6-11-23)35-31(38)43-29-21-42-30-26(29)14-17-41-30;1-16(2)14-22(15-19(3,4)11-6-7-12-20)25(23,24)18-10-8-9-17(13-18)21-5/h4-6,9-13,19,26-30,34,37H,7-8,14-15,17-18,20-22H2,1-3H3,(H,35,38);8-10,13,16,21H,6-7,11-12,14-15,20H2,1-5H3/t26-,27-,28+,29-,30+;/m0./s1. The van der Waals surface area contributed by atoms with E-state index < -0.39 is 49.8 Å². The summed E-state index contributed by atoms with van der Waals surface area (Å²) in [7, 11) is -4.09. The largest absolute Gasteiger partial charge is 0.443 e. The molecule has 5 rings (SSSR count). The maximum absolute atomic E-state index is 14.1. The lowest BCUT2D eigenvalue weighted by molar-refractivity contribution is -0.0907. The smallest absolute Gasteiger partial charge is 0.407 e. The quantitative estimate of drug-likeness (QED) is 0.0494. The number of ether oxygens (including phenoxy) is 3. The number of rotatable bonds is 26. The molecule has 3 aromatic carbocycles. The van der Waals surface area contributed by atoms with Crippen molar-refractivity contribution in [3.05, 3.63) is 84.4 Å². The van der Waals surface area contributed by atoms with Crippen LogP contribution in [0.1, 0.15) is 92.1 Å². The number of aliphatic hydroxyl groups is 1. The zero-order valence-electron chi connectivity index (χ0n) is 42.0. The highest BCUT2D eigenvalue weighted by Crippen LogP contribution is 2.34. The van der Waals surface area contributed by atoms with Crippen LogP contribution >= 0.6 is 0 Å². The van der Waals surface area contributed by atoms with Crippen LogP contribution in [0.15, 0.2) is 88.7 Å². The van der Waals surface area contributed by atoms with E-state index in [1.165, 1.54) is 10.4 Å². The first-order valence-corrected chi connectivity index (χ1v) is 27.1. The van der Waals surface area contributed by atoms with E-state index in [1.807, 2.05) is 64.1 Å². The lowest BCUT2D eigenvalue weighted by Crippen LogP contribution is -2.52. The molecule has 2 fully saturated rings. The summed E-state index contributed by atoms with van der Waals surface area (Å²) in [6, 6.07) is 24.2. The van der Waals surface area contributed by atoms with Crippen LogP contribution in [0.2, 0.25) is 0 Å². The molecular weight excluding hydrogens is 919 g/mol. The van der Waals surface area contributed by atoms with Gasteiger partial charge in [0, 0.05) is 58.1 Å². The second kappa shape index (κ2) is 26.8. The summed E-state index contributed by atoms with van der Waals surface area (Å²) in [6.45, 7) is 14.6. The maximum atomic E-state index is 14.1. The van der Waals surface area contributed by atoms with E-state index in [-0.39, 0.29) is 54.6 Å². The zero-order valence-corrected chi connectivity index (χ0v) is 43.7. The average Bonchev–Trinajstić information content (AvgIpc) is 3.94. The summed E-state index contributed by atoms with van der Waals surface area (Å²) in [5.41, 5.74) is 7.30. The Hall–Kier alpha value is -4.32. The molecular formula is C51H79N7O9S2. The zero-order chi connectivity index (χ0) is 50.8. The van der Waals surface area contributed by atoms with Gasteiger partial charge in [0.15, 0.2) is 6.29 Å². The van der Waals surface area contributed by atoms with Crippen molar-refractivity contribution in [2.45, 2.75) is 127 Å². The van der Waals surface area contributed by atoms with Crippen LogP contribution in [0.25, 0.3) is 0 Å². The molecule has 1 amide bonds. The molecule has 0 spiro atoms. The van der Waals surface area contributed by atoms with Gasteiger partial charge in [0.25, 0.3) is 0 Å². The molecule has 0 radical (unpaired) electrons. The highest BCUT2D eigenvalue weighted by Gasteiger charge is 2.44. The highest BCUT2D eigenvalue weighted by molar-refractivity contribution is 7.89. The van der Waals surface area contributed by atoms with E-state index in [0.29, 0.717) is 56.1 Å². The Bertz CT molecular complexity index is 2310. The number of anilines is 2. The Morgan fingerprint density at radius 2 is 1.41 bits per heavy atom. The number of benzene rings is 3. The molecule has 6 N–H and O–H groups in total. The summed E-state index contributed by atoms with van der Waals surface area (Å²) in [4.78, 5) is 13.6. The summed E-state index contributed by atoms with van der Waals surface area (Å²) in [6.07, 6.45) is 2.72. The Labute approximate surface area is 412 Å². The summed E-state index contributed by atoms with van der Waals surface area (Å²) in [5, 5.41) is 29.5. The van der Waals surface area contributed by atoms with Crippen LogP contribution in [-0.4, -0.2) is 121 Å². The number of carbonyl (C=O) groups is 1. The van der Waals surface area contributed by atoms with Gasteiger partial charge in [-0.1, -0.05) is 90.4 Å². The third-order valence-electron chi connectivity index (χ3n) is 12.4. The minimum atomic E-state index is -4.06. The first-order chi connectivity index (χ1) is 32.6. The van der Waals surface area contributed by atoms with E-state index in [0.717, 1.165) is 36.9 Å². The van der Waals surface area contributed by atoms with Crippen LogP contribution in [0.3, 0.4) is 0 Å². The van der Waals surface area contributed by atoms with Crippen LogP contribution in [0.4, 0.5) is 16.2 Å². The third kappa shape index (κ3) is 17.8. The maximum Gasteiger partial charge on any atom is 0.407 e. The fourth-order valence-corrected chi connectivity index (χ4v) is 12.2. The lowest BCUT2D eigenvalue weighted by atomic mass is 9.87. The Kier molecular flexibility index (Phi) is 22.2. The third-order valence-corrected chi connectivity index (χ3v) is 16.1. The van der Waals surface area contributed by atoms with Gasteiger partial charge in [-0.25, -0.2) is 21.6 Å². The number of fused-ring (bicyclic) bond motifs is 1. The summed E-state index contributed by atoms with van der Waals surface area (Å²) >= 11 is 0. The van der Waals surface area contributed by atoms with Gasteiger partial charge in [0.05, 0.1) is 47.1 Å². The molecule has 384 valence electrons. The number of nitrogens with zero attached hydrogens (tertiary/aromatic N) is 3. The van der Waals surface area contributed by atoms with E-state index in [4.69, 9.17) is 25.2 Å². The molecule has 0 unspecified atom stereocenters. The van der Waals surface area contributed by atoms with Gasteiger partial charge < -0.3 is 41.0 Å². The molecule has 18 heteroatoms. The second-order valence-electron chi connectivity index (χ2n) is 20.1. The molecule has 2 saturated heterocycles. The number of hydrogen-bond donors (Lipinski definition) is 5. The molecule has 5 atom stereocenters. The Morgan fingerprint density at radius 3 is 1.94 bits per heavy atom. The molecule has 2 aliphatic heterocycles. The second-order valence-corrected chi connectivity index (χ2v) is 24.0. The Balaban J connectivity index is 0.000000353. The number of aliphatic hydroxyl groups excluding tert-OH is 1. The predicted octanol–water partition coefficient (Wildman–Crippen LogP) is 7.43. The first kappa shape index (κ1) is 57.3. The predicted molar refractivity (Wildman–Crippen MR) is 271 cm³/mol. The molecule has 16 nitrogen and oxygen atoms in total. The van der Waals surface area contributed by atoms with Crippen molar-refractivity contribution >= 4 is 37.5 Å². The van der Waals surface area contributed by atoms with Gasteiger partial charge in [0.1, 0.15) is 6.10 Å². The van der Waals surface area contributed by atoms with Crippen LogP contribution in [0, 0.1) is 34.0 Å². The summed E-state index contributed by atoms with van der Waals surface area (Å²) < 4.78 is 74.4. The first-order valence-electron chi connectivity index (χ1n) is 24.2. The Morgan fingerprint density at radius 1 is 0.841 bits per heavy atom. The number of sulfonamides is 2. The molecule has 3 aromatic rings. The van der Waals surface area contributed by atoms with E-state index >= 15 is 0 Å². The molecule has 0 bridgehead atoms. The molecule has 0 saturated carbocycles. The number of amides is 1. The fourth-order valence-electron chi connectivity index (χ4n) is 8.69. The highest BCUT2D eigenvalue weighted by atomic mass is 32.2. The summed E-state index contributed by atoms with van der Waals surface area (Å²) in [5.74, 6) is 0.220. The monoisotopic (exact) mass is 998 g/mol. The van der Waals surface area contributed by atoms with Gasteiger partial charge in [0.2, 0.25) is 20.0 Å². The average molecular weight is 998 g/mol. The van der Waals surface area contributed by atoms with Gasteiger partial charge >= 0.3 is 6.09 Å². The number of nitrogens with one attached hydrogen (secondary N) is 3. The number of alkyl carbamates (subject to hydrolysis) is 1. The fraction of sp³-hybridized carbons (Fsp3) is 0.608. The molecule has 69 heavy (non-hydrogen) atoms. The number of unbranched alkanes of at least 4 members (excludes halogenated alkanes) is 2.